The van der Waals surface area contributed by atoms with Gasteiger partial charge < -0.3 is 9.52 Å². The van der Waals surface area contributed by atoms with Crippen molar-refractivity contribution >= 4 is 10.0 Å². The first-order valence-corrected chi connectivity index (χ1v) is 7.77. The maximum absolute atomic E-state index is 13.6. The van der Waals surface area contributed by atoms with Crippen molar-refractivity contribution in [2.75, 3.05) is 0 Å². The standard InChI is InChI=1S/C13H15FN2O4S/c1-2-10-6-15-13(20-10)7-16-21(18,19)12-5-9(8-17)3-4-11(12)14/h3-6,16-17H,2,7-8H2,1H3. The number of halogens is 1. The van der Waals surface area contributed by atoms with Gasteiger partial charge in [-0.25, -0.2) is 22.5 Å². The average molecular weight is 314 g/mol. The second-order valence-electron chi connectivity index (χ2n) is 4.32. The number of nitrogens with zero attached hydrogens (tertiary/aromatic N) is 1. The van der Waals surface area contributed by atoms with Gasteiger partial charge in [0, 0.05) is 6.42 Å². The van der Waals surface area contributed by atoms with Gasteiger partial charge in [-0.3, -0.25) is 0 Å². The van der Waals surface area contributed by atoms with E-state index in [-0.39, 0.29) is 19.0 Å². The van der Waals surface area contributed by atoms with Crippen molar-refractivity contribution < 1.29 is 22.3 Å². The lowest BCUT2D eigenvalue weighted by Crippen LogP contribution is -2.24. The minimum atomic E-state index is -4.06. The van der Waals surface area contributed by atoms with Crippen molar-refractivity contribution in [1.82, 2.24) is 9.71 Å². The number of benzene rings is 1. The predicted molar refractivity (Wildman–Crippen MR) is 72.2 cm³/mol. The molecule has 8 heteroatoms. The highest BCUT2D eigenvalue weighted by Gasteiger charge is 2.20. The Kier molecular flexibility index (Phi) is 4.71. The monoisotopic (exact) mass is 314 g/mol. The smallest absolute Gasteiger partial charge is 0.243 e. The summed E-state index contributed by atoms with van der Waals surface area (Å²) in [6.45, 7) is 1.33. The van der Waals surface area contributed by atoms with E-state index in [1.807, 2.05) is 6.92 Å². The number of aromatic nitrogens is 1. The molecule has 1 heterocycles. The lowest BCUT2D eigenvalue weighted by molar-refractivity contribution is 0.281. The van der Waals surface area contributed by atoms with Crippen LogP contribution in [0.4, 0.5) is 4.39 Å². The highest BCUT2D eigenvalue weighted by Crippen LogP contribution is 2.17. The molecule has 0 fully saturated rings. The zero-order valence-corrected chi connectivity index (χ0v) is 12.2. The molecule has 6 nitrogen and oxygen atoms in total. The number of oxazole rings is 1. The highest BCUT2D eigenvalue weighted by molar-refractivity contribution is 7.89. The Bertz CT molecular complexity index is 728. The van der Waals surface area contributed by atoms with Crippen molar-refractivity contribution in [1.29, 1.82) is 0 Å². The molecule has 0 saturated carbocycles. The number of hydrogen-bond donors (Lipinski definition) is 2. The third-order valence-electron chi connectivity index (χ3n) is 2.83. The Morgan fingerprint density at radius 2 is 2.19 bits per heavy atom. The molecule has 0 spiro atoms. The van der Waals surface area contributed by atoms with Crippen LogP contribution in [0.5, 0.6) is 0 Å². The topological polar surface area (TPSA) is 92.4 Å². The van der Waals surface area contributed by atoms with Gasteiger partial charge in [0.2, 0.25) is 15.9 Å². The van der Waals surface area contributed by atoms with Crippen molar-refractivity contribution in [3.8, 4) is 0 Å². The Morgan fingerprint density at radius 1 is 1.43 bits per heavy atom. The summed E-state index contributed by atoms with van der Waals surface area (Å²) in [7, 11) is -4.06. The van der Waals surface area contributed by atoms with Crippen LogP contribution in [-0.4, -0.2) is 18.5 Å². The van der Waals surface area contributed by atoms with E-state index >= 15 is 0 Å². The molecule has 21 heavy (non-hydrogen) atoms. The van der Waals surface area contributed by atoms with E-state index in [2.05, 4.69) is 9.71 Å². The van der Waals surface area contributed by atoms with Gasteiger partial charge >= 0.3 is 0 Å². The lowest BCUT2D eigenvalue weighted by atomic mass is 10.2. The zero-order chi connectivity index (χ0) is 15.5. The van der Waals surface area contributed by atoms with Crippen molar-refractivity contribution in [3.63, 3.8) is 0 Å². The van der Waals surface area contributed by atoms with Crippen LogP contribution in [0.2, 0.25) is 0 Å². The fourth-order valence-electron chi connectivity index (χ4n) is 1.68. The number of aliphatic hydroxyl groups excluding tert-OH is 1. The van der Waals surface area contributed by atoms with Gasteiger partial charge in [-0.1, -0.05) is 13.0 Å². The summed E-state index contributed by atoms with van der Waals surface area (Å²) in [5.41, 5.74) is 0.307. The summed E-state index contributed by atoms with van der Waals surface area (Å²) >= 11 is 0. The van der Waals surface area contributed by atoms with Crippen molar-refractivity contribution in [3.05, 3.63) is 47.4 Å². The quantitative estimate of drug-likeness (QED) is 0.839. The fourth-order valence-corrected chi connectivity index (χ4v) is 2.78. The minimum Gasteiger partial charge on any atom is -0.444 e. The van der Waals surface area contributed by atoms with E-state index in [4.69, 9.17) is 9.52 Å². The molecule has 1 aromatic heterocycles. The molecule has 0 aliphatic carbocycles. The van der Waals surface area contributed by atoms with Gasteiger partial charge in [-0.15, -0.1) is 0 Å². The van der Waals surface area contributed by atoms with Crippen LogP contribution in [0.25, 0.3) is 0 Å². The van der Waals surface area contributed by atoms with E-state index in [0.29, 0.717) is 17.7 Å². The molecule has 0 radical (unpaired) electrons. The maximum Gasteiger partial charge on any atom is 0.243 e. The van der Waals surface area contributed by atoms with E-state index < -0.39 is 20.7 Å². The number of aliphatic hydroxyl groups is 1. The Hall–Kier alpha value is -1.77. The van der Waals surface area contributed by atoms with Crippen molar-refractivity contribution in [2.24, 2.45) is 0 Å². The molecule has 114 valence electrons. The first-order valence-electron chi connectivity index (χ1n) is 6.28. The molecule has 0 aliphatic heterocycles. The number of aryl methyl sites for hydroxylation is 1. The first kappa shape index (κ1) is 15.6. The van der Waals surface area contributed by atoms with Crippen LogP contribution < -0.4 is 4.72 Å². The Labute approximate surface area is 121 Å². The van der Waals surface area contributed by atoms with E-state index in [1.54, 1.807) is 0 Å². The molecule has 1 aromatic carbocycles. The fraction of sp³-hybridized carbons (Fsp3) is 0.308. The van der Waals surface area contributed by atoms with Gasteiger partial charge in [0.15, 0.2) is 0 Å². The van der Waals surface area contributed by atoms with Gasteiger partial charge in [0.05, 0.1) is 19.3 Å². The van der Waals surface area contributed by atoms with Crippen LogP contribution in [0, 0.1) is 5.82 Å². The van der Waals surface area contributed by atoms with Crippen LogP contribution in [0.15, 0.2) is 33.7 Å². The maximum atomic E-state index is 13.6. The number of nitrogens with one attached hydrogen (secondary N) is 1. The summed E-state index contributed by atoms with van der Waals surface area (Å²) in [6.07, 6.45) is 2.16. The lowest BCUT2D eigenvalue weighted by Gasteiger charge is -2.07. The molecular formula is C13H15FN2O4S. The van der Waals surface area contributed by atoms with Gasteiger partial charge in [-0.2, -0.15) is 0 Å². The molecule has 2 N–H and O–H groups in total. The second kappa shape index (κ2) is 6.33. The molecule has 0 saturated heterocycles. The first-order chi connectivity index (χ1) is 9.96. The van der Waals surface area contributed by atoms with E-state index in [1.165, 1.54) is 12.3 Å². The summed E-state index contributed by atoms with van der Waals surface area (Å²) in [4.78, 5) is 3.40. The van der Waals surface area contributed by atoms with E-state index in [9.17, 15) is 12.8 Å². The average Bonchev–Trinajstić information content (AvgIpc) is 2.94. The largest absolute Gasteiger partial charge is 0.444 e. The third-order valence-corrected chi connectivity index (χ3v) is 4.25. The Balaban J connectivity index is 2.18. The van der Waals surface area contributed by atoms with Gasteiger partial charge in [-0.05, 0) is 17.7 Å². The van der Waals surface area contributed by atoms with Crippen LogP contribution >= 0.6 is 0 Å². The summed E-state index contributed by atoms with van der Waals surface area (Å²) in [5.74, 6) is -0.0480. The molecule has 0 amide bonds. The number of sulfonamides is 1. The van der Waals surface area contributed by atoms with Gasteiger partial charge in [0.1, 0.15) is 16.5 Å². The molecule has 0 aliphatic rings. The normalized spacial score (nSPS) is 11.8. The minimum absolute atomic E-state index is 0.175. The number of rotatable bonds is 6. The molecule has 0 atom stereocenters. The van der Waals surface area contributed by atoms with Crippen molar-refractivity contribution in [2.45, 2.75) is 31.4 Å². The summed E-state index contributed by atoms with van der Waals surface area (Å²) < 4.78 is 45.3. The van der Waals surface area contributed by atoms with Crippen LogP contribution in [0.1, 0.15) is 24.1 Å². The molecule has 2 rings (SSSR count). The second-order valence-corrected chi connectivity index (χ2v) is 6.06. The highest BCUT2D eigenvalue weighted by atomic mass is 32.2. The SMILES string of the molecule is CCc1cnc(CNS(=O)(=O)c2cc(CO)ccc2F)o1. The summed E-state index contributed by atoms with van der Waals surface area (Å²) in [5, 5.41) is 8.99. The Morgan fingerprint density at radius 3 is 2.81 bits per heavy atom. The van der Waals surface area contributed by atoms with Crippen LogP contribution in [-0.2, 0) is 29.6 Å². The molecule has 2 aromatic rings. The van der Waals surface area contributed by atoms with E-state index in [0.717, 1.165) is 12.1 Å². The summed E-state index contributed by atoms with van der Waals surface area (Å²) in [6, 6.07) is 3.40. The molecular weight excluding hydrogens is 299 g/mol. The van der Waals surface area contributed by atoms with Crippen LogP contribution in [0.3, 0.4) is 0 Å². The third kappa shape index (κ3) is 3.66. The predicted octanol–water partition coefficient (Wildman–Crippen LogP) is 1.35. The van der Waals surface area contributed by atoms with Gasteiger partial charge in [0.25, 0.3) is 0 Å². The zero-order valence-electron chi connectivity index (χ0n) is 11.3. The number of hydrogen-bond acceptors (Lipinski definition) is 5. The molecule has 0 bridgehead atoms. The molecule has 0 unspecified atom stereocenters.